The van der Waals surface area contributed by atoms with Gasteiger partial charge in [0, 0.05) is 17.1 Å². The number of hydrogen-bond acceptors (Lipinski definition) is 4. The van der Waals surface area contributed by atoms with Crippen molar-refractivity contribution in [2.75, 3.05) is 0 Å². The molecule has 18 heavy (non-hydrogen) atoms. The zero-order valence-corrected chi connectivity index (χ0v) is 10.2. The Hall–Kier alpha value is -1.18. The van der Waals surface area contributed by atoms with E-state index in [0.717, 1.165) is 12.1 Å². The van der Waals surface area contributed by atoms with Crippen molar-refractivity contribution in [2.45, 2.75) is 12.3 Å². The molecule has 2 aromatic rings. The summed E-state index contributed by atoms with van der Waals surface area (Å²) in [6.45, 7) is 0. The van der Waals surface area contributed by atoms with E-state index in [1.54, 1.807) is 5.38 Å². The molecule has 0 bridgehead atoms. The van der Waals surface area contributed by atoms with Crippen LogP contribution >= 0.6 is 22.9 Å². The summed E-state index contributed by atoms with van der Waals surface area (Å²) in [5.74, 6) is 0. The molecule has 1 unspecified atom stereocenters. The lowest BCUT2D eigenvalue weighted by Gasteiger charge is -2.12. The fraction of sp³-hybridized carbons (Fsp3) is 0.200. The average molecular weight is 295 g/mol. The summed E-state index contributed by atoms with van der Waals surface area (Å²) >= 11 is 6.83. The van der Waals surface area contributed by atoms with Crippen LogP contribution in [0.25, 0.3) is 0 Å². The van der Waals surface area contributed by atoms with Crippen LogP contribution in [0.3, 0.4) is 0 Å². The summed E-state index contributed by atoms with van der Waals surface area (Å²) in [4.78, 5) is 7.10. The largest absolute Gasteiger partial charge is 0.433 e. The normalized spacial score (nSPS) is 13.6. The number of pyridine rings is 1. The fourth-order valence-corrected chi connectivity index (χ4v) is 2.21. The lowest BCUT2D eigenvalue weighted by atomic mass is 10.1. The third-order valence-corrected chi connectivity index (χ3v) is 3.28. The average Bonchev–Trinajstić information content (AvgIpc) is 2.80. The number of thiazole rings is 1. The highest BCUT2D eigenvalue weighted by atomic mass is 35.5. The molecule has 0 aromatic carbocycles. The molecule has 2 aromatic heterocycles. The summed E-state index contributed by atoms with van der Waals surface area (Å²) in [6.07, 6.45) is -4.25. The van der Waals surface area contributed by atoms with Gasteiger partial charge in [0.2, 0.25) is 0 Å². The third kappa shape index (κ3) is 2.63. The number of alkyl halides is 3. The maximum absolute atomic E-state index is 12.4. The van der Waals surface area contributed by atoms with Crippen molar-refractivity contribution in [1.29, 1.82) is 0 Å². The van der Waals surface area contributed by atoms with Gasteiger partial charge < -0.3 is 5.11 Å². The van der Waals surface area contributed by atoms with Crippen LogP contribution in [0.1, 0.15) is 22.4 Å². The first-order chi connectivity index (χ1) is 8.39. The van der Waals surface area contributed by atoms with Crippen molar-refractivity contribution in [1.82, 2.24) is 9.97 Å². The molecule has 0 radical (unpaired) electrons. The van der Waals surface area contributed by atoms with Crippen LogP contribution in [0.2, 0.25) is 5.15 Å². The van der Waals surface area contributed by atoms with E-state index in [9.17, 15) is 18.3 Å². The smallest absolute Gasteiger partial charge is 0.381 e. The number of aliphatic hydroxyl groups is 1. The molecule has 0 aliphatic heterocycles. The second kappa shape index (κ2) is 4.83. The highest BCUT2D eigenvalue weighted by Gasteiger charge is 2.33. The van der Waals surface area contributed by atoms with Crippen LogP contribution in [0.5, 0.6) is 0 Å². The van der Waals surface area contributed by atoms with Crippen molar-refractivity contribution in [2.24, 2.45) is 0 Å². The molecule has 0 saturated heterocycles. The lowest BCUT2D eigenvalue weighted by Crippen LogP contribution is -2.10. The third-order valence-electron chi connectivity index (χ3n) is 2.15. The highest BCUT2D eigenvalue weighted by Crippen LogP contribution is 2.33. The van der Waals surface area contributed by atoms with Gasteiger partial charge in [-0.05, 0) is 6.07 Å². The predicted octanol–water partition coefficient (Wildman–Crippen LogP) is 3.29. The van der Waals surface area contributed by atoms with Crippen molar-refractivity contribution >= 4 is 22.9 Å². The molecular weight excluding hydrogens is 289 g/mol. The molecule has 1 N–H and O–H groups in total. The van der Waals surface area contributed by atoms with E-state index >= 15 is 0 Å². The Labute approximate surface area is 109 Å². The first-order valence-electron chi connectivity index (χ1n) is 4.70. The minimum absolute atomic E-state index is 0.0969. The van der Waals surface area contributed by atoms with Crippen LogP contribution in [-0.2, 0) is 6.18 Å². The molecule has 2 heterocycles. The predicted molar refractivity (Wildman–Crippen MR) is 60.4 cm³/mol. The monoisotopic (exact) mass is 294 g/mol. The lowest BCUT2D eigenvalue weighted by molar-refractivity contribution is -0.141. The first kappa shape index (κ1) is 13.3. The highest BCUT2D eigenvalue weighted by molar-refractivity contribution is 7.09. The Morgan fingerprint density at radius 1 is 1.33 bits per heavy atom. The Kier molecular flexibility index (Phi) is 3.56. The van der Waals surface area contributed by atoms with Crippen LogP contribution in [0, 0.1) is 0 Å². The quantitative estimate of drug-likeness (QED) is 0.865. The summed E-state index contributed by atoms with van der Waals surface area (Å²) in [5, 5.41) is 11.5. The van der Waals surface area contributed by atoms with Gasteiger partial charge in [-0.2, -0.15) is 13.2 Å². The van der Waals surface area contributed by atoms with Gasteiger partial charge in [0.25, 0.3) is 0 Å². The Balaban J connectivity index is 2.36. The number of aliphatic hydroxyl groups excluding tert-OH is 1. The molecule has 0 saturated carbocycles. The van der Waals surface area contributed by atoms with Gasteiger partial charge >= 0.3 is 6.18 Å². The van der Waals surface area contributed by atoms with Gasteiger partial charge in [0.15, 0.2) is 0 Å². The summed E-state index contributed by atoms with van der Waals surface area (Å²) in [5.41, 5.74) is -0.998. The number of hydrogen-bond donors (Lipinski definition) is 1. The molecule has 0 amide bonds. The number of rotatable bonds is 2. The van der Waals surface area contributed by atoms with Crippen LogP contribution < -0.4 is 0 Å². The van der Waals surface area contributed by atoms with Gasteiger partial charge in [-0.3, -0.25) is 0 Å². The molecule has 3 nitrogen and oxygen atoms in total. The van der Waals surface area contributed by atoms with E-state index in [4.69, 9.17) is 11.6 Å². The maximum Gasteiger partial charge on any atom is 0.433 e. The maximum atomic E-state index is 12.4. The molecule has 96 valence electrons. The van der Waals surface area contributed by atoms with E-state index in [-0.39, 0.29) is 10.7 Å². The fourth-order valence-electron chi connectivity index (χ4n) is 1.31. The van der Waals surface area contributed by atoms with Crippen LogP contribution in [-0.4, -0.2) is 15.1 Å². The molecule has 0 fully saturated rings. The van der Waals surface area contributed by atoms with Gasteiger partial charge in [-0.1, -0.05) is 17.7 Å². The molecule has 8 heteroatoms. The minimum Gasteiger partial charge on any atom is -0.381 e. The minimum atomic E-state index is -4.56. The number of halogens is 4. The van der Waals surface area contributed by atoms with Crippen molar-refractivity contribution in [3.8, 4) is 0 Å². The van der Waals surface area contributed by atoms with E-state index < -0.39 is 18.0 Å². The molecule has 0 aliphatic rings. The van der Waals surface area contributed by atoms with Crippen LogP contribution in [0.4, 0.5) is 13.2 Å². The Morgan fingerprint density at radius 2 is 2.06 bits per heavy atom. The summed E-state index contributed by atoms with van der Waals surface area (Å²) in [7, 11) is 0. The molecule has 1 atom stereocenters. The zero-order valence-electron chi connectivity index (χ0n) is 8.65. The van der Waals surface area contributed by atoms with E-state index in [1.165, 1.54) is 17.5 Å². The Morgan fingerprint density at radius 3 is 2.56 bits per heavy atom. The summed E-state index contributed by atoms with van der Waals surface area (Å²) < 4.78 is 37.1. The zero-order chi connectivity index (χ0) is 13.3. The number of nitrogens with zero attached hydrogens (tertiary/aromatic N) is 2. The standard InChI is InChI=1S/C10H6ClF3N2OS/c11-8-5(7(17)9-15-3-4-18-9)1-2-6(16-8)10(12,13)14/h1-4,7,17H. The second-order valence-corrected chi connectivity index (χ2v) is 4.63. The van der Waals surface area contributed by atoms with Crippen molar-refractivity contribution in [3.05, 3.63) is 45.1 Å². The van der Waals surface area contributed by atoms with E-state index in [0.29, 0.717) is 5.01 Å². The molecule has 0 aliphatic carbocycles. The van der Waals surface area contributed by atoms with Gasteiger partial charge in [-0.25, -0.2) is 9.97 Å². The van der Waals surface area contributed by atoms with Crippen molar-refractivity contribution in [3.63, 3.8) is 0 Å². The molecular formula is C10H6ClF3N2OS. The van der Waals surface area contributed by atoms with Crippen LogP contribution in [0.15, 0.2) is 23.7 Å². The number of aromatic nitrogens is 2. The van der Waals surface area contributed by atoms with Gasteiger partial charge in [0.1, 0.15) is 22.0 Å². The topological polar surface area (TPSA) is 46.0 Å². The SMILES string of the molecule is OC(c1nccs1)c1ccc(C(F)(F)F)nc1Cl. The second-order valence-electron chi connectivity index (χ2n) is 3.35. The molecule has 2 rings (SSSR count). The first-order valence-corrected chi connectivity index (χ1v) is 5.96. The Bertz CT molecular complexity index is 545. The van der Waals surface area contributed by atoms with E-state index in [1.807, 2.05) is 0 Å². The molecule has 0 spiro atoms. The van der Waals surface area contributed by atoms with Crippen molar-refractivity contribution < 1.29 is 18.3 Å². The summed E-state index contributed by atoms with van der Waals surface area (Å²) in [6, 6.07) is 1.88. The van der Waals surface area contributed by atoms with Gasteiger partial charge in [-0.15, -0.1) is 11.3 Å². The van der Waals surface area contributed by atoms with E-state index in [2.05, 4.69) is 9.97 Å². The van der Waals surface area contributed by atoms with Gasteiger partial charge in [0.05, 0.1) is 0 Å².